The molecule has 9 aromatic heterocycles. The monoisotopic (exact) mass is 1930 g/mol. The molecule has 1 aliphatic rings. The largest absolute Gasteiger partial charge is 0.460 e. The lowest BCUT2D eigenvalue weighted by Gasteiger charge is -2.13. The summed E-state index contributed by atoms with van der Waals surface area (Å²) in [6.45, 7) is 3.48. The predicted octanol–water partition coefficient (Wildman–Crippen LogP) is 21.1. The molecule has 9 heterocycles. The van der Waals surface area contributed by atoms with Gasteiger partial charge in [-0.15, -0.1) is 79.4 Å². The van der Waals surface area contributed by atoms with Crippen LogP contribution in [-0.2, 0) is 84.9 Å². The molecule has 0 saturated heterocycles. The number of aryl methyl sites for hydroxylation is 8. The van der Waals surface area contributed by atoms with Crippen LogP contribution in [0.4, 0.5) is 5.13 Å². The molecule has 21 nitrogen and oxygen atoms in total. The van der Waals surface area contributed by atoms with Gasteiger partial charge < -0.3 is 58.8 Å². The molecular formula is C95H93N11O10S12. The Morgan fingerprint density at radius 3 is 1.18 bits per heavy atom. The number of aldehydes is 7. The van der Waals surface area contributed by atoms with E-state index < -0.39 is 0 Å². The molecule has 1 aliphatic carbocycles. The number of aromatic nitrogens is 7. The third-order valence-electron chi connectivity index (χ3n) is 18.5. The summed E-state index contributed by atoms with van der Waals surface area (Å²) in [4.78, 5) is 136. The SMILES string of the molecule is CC(=O)c1ccc(-c2nc(CCC=O)cs2)s1.CC(=S)c1ccc(-c2nc(CCC=O)cs2)cc1.CN(C)C(=S)c1ccc(-c2nc(CCC=O)cs2)cc1.CN(C)c1ncc(-c2ccc(CCC=O)o2)s1.CNC(=S)c1ccc(-c2nc(CCC=O)cs2)cc1.NC(=S)c1ccc(-c2nc(CCC=O)cs2)cc1.O=CCCc1csc(-c2ccc3c(c2)CCC3=O)n1. The smallest absolute Gasteiger partial charge is 0.185 e. The highest BCUT2D eigenvalue weighted by Crippen LogP contribution is 2.36. The zero-order valence-electron chi connectivity index (χ0n) is 71.3. The third kappa shape index (κ3) is 31.5. The lowest BCUT2D eigenvalue weighted by molar-refractivity contribution is -0.108. The van der Waals surface area contributed by atoms with Crippen LogP contribution in [0.25, 0.3) is 73.4 Å². The first kappa shape index (κ1) is 101. The summed E-state index contributed by atoms with van der Waals surface area (Å²) in [5.74, 6) is 1.98. The molecular weight excluding hydrogens is 1840 g/mol. The summed E-state index contributed by atoms with van der Waals surface area (Å²) >= 11 is 33.1. The van der Waals surface area contributed by atoms with Gasteiger partial charge in [0.05, 0.1) is 55.0 Å². The minimum absolute atomic E-state index is 0.0824. The molecule has 0 amide bonds. The molecule has 128 heavy (non-hydrogen) atoms. The molecule has 660 valence electrons. The maximum Gasteiger partial charge on any atom is 0.185 e. The summed E-state index contributed by atoms with van der Waals surface area (Å²) in [6, 6.07) is 45.4. The van der Waals surface area contributed by atoms with Gasteiger partial charge in [-0.2, -0.15) is 0 Å². The van der Waals surface area contributed by atoms with Gasteiger partial charge in [0, 0.05) is 180 Å². The molecule has 0 fully saturated rings. The Balaban J connectivity index is 0.000000169. The fraction of sp³-hybridized carbons (Fsp3) is 0.242. The second kappa shape index (κ2) is 53.1. The first-order chi connectivity index (χ1) is 61.9. The van der Waals surface area contributed by atoms with E-state index in [2.05, 4.69) is 46.3 Å². The van der Waals surface area contributed by atoms with Crippen LogP contribution < -0.4 is 16.0 Å². The number of nitrogens with one attached hydrogen (secondary N) is 1. The van der Waals surface area contributed by atoms with Crippen LogP contribution in [0.1, 0.15) is 153 Å². The molecule has 0 saturated carbocycles. The molecule has 15 rings (SSSR count). The van der Waals surface area contributed by atoms with Crippen molar-refractivity contribution in [3.05, 3.63) is 256 Å². The van der Waals surface area contributed by atoms with Crippen molar-refractivity contribution < 1.29 is 47.6 Å². The number of furan rings is 1. The van der Waals surface area contributed by atoms with Crippen molar-refractivity contribution in [1.29, 1.82) is 0 Å². The van der Waals surface area contributed by atoms with Gasteiger partial charge in [-0.25, -0.2) is 34.9 Å². The Bertz CT molecular complexity index is 5920. The molecule has 5 aromatic carbocycles. The Hall–Kier alpha value is -10.9. The van der Waals surface area contributed by atoms with E-state index >= 15 is 0 Å². The predicted molar refractivity (Wildman–Crippen MR) is 540 cm³/mol. The number of thiocarbonyl (C=S) groups is 4. The normalized spacial score (nSPS) is 10.8. The number of thiophene rings is 1. The third-order valence-corrected chi connectivity index (χ3v) is 28.1. The van der Waals surface area contributed by atoms with Gasteiger partial charge >= 0.3 is 0 Å². The lowest BCUT2D eigenvalue weighted by Crippen LogP contribution is -2.20. The number of hydrogen-bond acceptors (Lipinski definition) is 30. The van der Waals surface area contributed by atoms with E-state index in [-0.39, 0.29) is 11.6 Å². The zero-order chi connectivity index (χ0) is 91.9. The molecule has 0 bridgehead atoms. The number of nitrogens with two attached hydrogens (primary N) is 1. The van der Waals surface area contributed by atoms with E-state index in [1.54, 1.807) is 86.3 Å². The maximum absolute atomic E-state index is 11.6. The number of thiazole rings is 7. The summed E-state index contributed by atoms with van der Waals surface area (Å²) in [5.41, 5.74) is 22.7. The number of benzene rings is 5. The van der Waals surface area contributed by atoms with Crippen molar-refractivity contribution in [2.24, 2.45) is 5.73 Å². The van der Waals surface area contributed by atoms with Crippen LogP contribution in [-0.4, -0.2) is 150 Å². The second-order valence-electron chi connectivity index (χ2n) is 28.5. The average molecular weight is 1930 g/mol. The summed E-state index contributed by atoms with van der Waals surface area (Å²) in [6.07, 6.45) is 18.2. The molecule has 0 spiro atoms. The van der Waals surface area contributed by atoms with Crippen molar-refractivity contribution in [3.8, 4) is 73.4 Å². The highest BCUT2D eigenvalue weighted by Gasteiger charge is 2.21. The minimum atomic E-state index is 0.0824. The van der Waals surface area contributed by atoms with Gasteiger partial charge in [0.1, 0.15) is 101 Å². The van der Waals surface area contributed by atoms with Crippen molar-refractivity contribution >= 4 is 220 Å². The van der Waals surface area contributed by atoms with Crippen molar-refractivity contribution in [2.45, 2.75) is 117 Å². The quantitative estimate of drug-likeness (QED) is 0.0215. The van der Waals surface area contributed by atoms with Gasteiger partial charge in [0.2, 0.25) is 0 Å². The van der Waals surface area contributed by atoms with Gasteiger partial charge in [-0.05, 0) is 100 Å². The van der Waals surface area contributed by atoms with E-state index in [1.165, 1.54) is 11.3 Å². The van der Waals surface area contributed by atoms with Crippen LogP contribution in [0.3, 0.4) is 0 Å². The topological polar surface area (TPSA) is 302 Å². The summed E-state index contributed by atoms with van der Waals surface area (Å²) in [7, 11) is 9.61. The highest BCUT2D eigenvalue weighted by molar-refractivity contribution is 7.81. The number of anilines is 1. The molecule has 0 aliphatic heterocycles. The number of fused-ring (bicyclic) bond motifs is 1. The molecule has 33 heteroatoms. The maximum atomic E-state index is 11.6. The van der Waals surface area contributed by atoms with Gasteiger partial charge in [-0.3, -0.25) is 9.59 Å². The zero-order valence-corrected chi connectivity index (χ0v) is 81.1. The van der Waals surface area contributed by atoms with Crippen LogP contribution in [0.5, 0.6) is 0 Å². The second-order valence-corrected chi connectivity index (χ2v) is 37.6. The van der Waals surface area contributed by atoms with Gasteiger partial charge in [0.15, 0.2) is 16.7 Å². The number of nitrogens with zero attached hydrogens (tertiary/aromatic N) is 9. The van der Waals surface area contributed by atoms with Crippen molar-refractivity contribution in [2.75, 3.05) is 40.1 Å². The fourth-order valence-electron chi connectivity index (χ4n) is 11.8. The molecule has 3 N–H and O–H groups in total. The van der Waals surface area contributed by atoms with E-state index in [9.17, 15) is 43.2 Å². The van der Waals surface area contributed by atoms with Crippen molar-refractivity contribution in [1.82, 2.24) is 45.1 Å². The van der Waals surface area contributed by atoms with E-state index in [0.717, 1.165) is 228 Å². The number of carbonyl (C=O) groups is 9. The molecule has 14 aromatic rings. The number of carbonyl (C=O) groups excluding carboxylic acids is 9. The van der Waals surface area contributed by atoms with Gasteiger partial charge in [0.25, 0.3) is 0 Å². The van der Waals surface area contributed by atoms with Gasteiger partial charge in [-0.1, -0.05) is 169 Å². The van der Waals surface area contributed by atoms with Crippen molar-refractivity contribution in [3.63, 3.8) is 0 Å². The number of ketones is 2. The number of rotatable bonds is 34. The van der Waals surface area contributed by atoms with E-state index in [0.29, 0.717) is 94.9 Å². The van der Waals surface area contributed by atoms with Crippen LogP contribution >= 0.6 is 140 Å². The number of hydrogen-bond donors (Lipinski definition) is 2. The average Bonchev–Trinajstić information content (AvgIpc) is 1.75. The van der Waals surface area contributed by atoms with E-state index in [4.69, 9.17) is 59.0 Å². The van der Waals surface area contributed by atoms with Crippen LogP contribution in [0.2, 0.25) is 0 Å². The first-order valence-electron chi connectivity index (χ1n) is 40.3. The van der Waals surface area contributed by atoms with E-state index in [1.807, 2.05) is 224 Å². The summed E-state index contributed by atoms with van der Waals surface area (Å²) < 4.78 is 5.66. The Morgan fingerprint density at radius 1 is 0.438 bits per heavy atom. The molecule has 0 radical (unpaired) electrons. The van der Waals surface area contributed by atoms with Crippen LogP contribution in [0, 0.1) is 0 Å². The highest BCUT2D eigenvalue weighted by atomic mass is 32.1. The number of Topliss-reactive ketones (excluding diaryl/α,β-unsaturated/α-hetero) is 2. The fourth-order valence-corrected chi connectivity index (χ4v) is 19.2. The Morgan fingerprint density at radius 2 is 0.812 bits per heavy atom. The Labute approximate surface area is 797 Å². The minimum Gasteiger partial charge on any atom is -0.460 e. The molecule has 0 atom stereocenters. The Kier molecular flexibility index (Phi) is 41.9. The lowest BCUT2D eigenvalue weighted by atomic mass is 10.1. The first-order valence-corrected chi connectivity index (χ1v) is 48.9. The van der Waals surface area contributed by atoms with Crippen LogP contribution in [0.15, 0.2) is 182 Å². The molecule has 0 unspecified atom stereocenters. The summed E-state index contributed by atoms with van der Waals surface area (Å²) in [5, 5.41) is 21.7. The standard InChI is InChI=1S/C15H16N2OS2.C15H13NO2S.C14H14N2OS2.C14H13NOS2.C13H12N2OS2.C12H14N2O2S.C12H11NO2S2/c1-17(2)15(19)12-7-5-11(6-8-12)14-16-13(10-20-14)4-3-9-18;17-7-1-2-12-9-19-15(16-12)11-3-5-13-10(8-11)4-6-14(13)18;1-15-13(18)10-4-6-11(7-5-10)14-16-12(9-19-14)3-2-8-17;1-10(17)11-4-6-12(7-5-11)14-15-13(9-18-14)3-2-8-16;14-12(17)9-3-5-10(6-4-9)13-15-11(8-18-13)2-1-7-16;1-14(2)12-13-8-11(17-12)10-6-5-9(16-10)4-3-7-15;1-8(15)10-4-5-11(17-10)12-13-9(7-16-12)3-2-6-14/h5-10H,3-4H2,1-2H3;3,5,7-9H,1-2,4,6H2;4-9H,2-3H2,1H3,(H,15,18);4-9H,2-3H2,1H3;3-8H,1-2H2,(H2,14,17);5-8H,3-4H2,1-2H3;4-7H,2-3H2,1H3.